The molecule has 0 saturated heterocycles. The highest BCUT2D eigenvalue weighted by molar-refractivity contribution is 9.10. The van der Waals surface area contributed by atoms with Crippen molar-refractivity contribution < 1.29 is 9.52 Å². The molecule has 2 nitrogen and oxygen atoms in total. The molecular formula is C16H13BrO2. The minimum Gasteiger partial charge on any atom is -0.458 e. The molecule has 0 aliphatic carbocycles. The maximum Gasteiger partial charge on any atom is 0.138 e. The number of hydrogen-bond donors (Lipinski definition) is 1. The lowest BCUT2D eigenvalue weighted by molar-refractivity contribution is 0.191. The van der Waals surface area contributed by atoms with Gasteiger partial charge in [-0.15, -0.1) is 0 Å². The van der Waals surface area contributed by atoms with Crippen LogP contribution in [0.4, 0.5) is 0 Å². The van der Waals surface area contributed by atoms with E-state index < -0.39 is 6.10 Å². The van der Waals surface area contributed by atoms with Crippen LogP contribution in [0.25, 0.3) is 11.0 Å². The van der Waals surface area contributed by atoms with Crippen LogP contribution in [0.1, 0.15) is 23.0 Å². The molecule has 1 aromatic heterocycles. The molecule has 0 fully saturated rings. The van der Waals surface area contributed by atoms with Crippen LogP contribution in [-0.2, 0) is 0 Å². The number of aliphatic hydroxyl groups excluding tert-OH is 1. The van der Waals surface area contributed by atoms with E-state index in [1.807, 2.05) is 49.4 Å². The molecule has 0 aliphatic rings. The number of benzene rings is 2. The molecule has 96 valence electrons. The monoisotopic (exact) mass is 316 g/mol. The Bertz CT molecular complexity index is 730. The topological polar surface area (TPSA) is 33.4 Å². The second-order valence-corrected chi connectivity index (χ2v) is 5.47. The third-order valence-corrected chi connectivity index (χ3v) is 3.88. The van der Waals surface area contributed by atoms with Gasteiger partial charge in [0.2, 0.25) is 0 Å². The predicted octanol–water partition coefficient (Wildman–Crippen LogP) is 4.59. The van der Waals surface area contributed by atoms with Crippen molar-refractivity contribution in [2.45, 2.75) is 13.0 Å². The zero-order chi connectivity index (χ0) is 13.4. The fraction of sp³-hybridized carbons (Fsp3) is 0.125. The molecule has 1 atom stereocenters. The van der Waals surface area contributed by atoms with Crippen LogP contribution < -0.4 is 0 Å². The van der Waals surface area contributed by atoms with E-state index >= 15 is 0 Å². The molecule has 3 rings (SSSR count). The van der Waals surface area contributed by atoms with E-state index in [0.29, 0.717) is 5.76 Å². The maximum absolute atomic E-state index is 10.4. The molecule has 3 heteroatoms. The zero-order valence-corrected chi connectivity index (χ0v) is 12.0. The molecule has 0 bridgehead atoms. The second-order valence-electron chi connectivity index (χ2n) is 4.61. The number of fused-ring (bicyclic) bond motifs is 1. The highest BCUT2D eigenvalue weighted by Crippen LogP contribution is 2.32. The maximum atomic E-state index is 10.4. The third kappa shape index (κ3) is 2.31. The van der Waals surface area contributed by atoms with Crippen LogP contribution in [0.3, 0.4) is 0 Å². The Kier molecular flexibility index (Phi) is 3.17. The van der Waals surface area contributed by atoms with Crippen LogP contribution in [0.15, 0.2) is 57.4 Å². The smallest absolute Gasteiger partial charge is 0.138 e. The van der Waals surface area contributed by atoms with Crippen LogP contribution in [0.5, 0.6) is 0 Å². The van der Waals surface area contributed by atoms with Crippen LogP contribution in [0, 0.1) is 6.92 Å². The van der Waals surface area contributed by atoms with Gasteiger partial charge in [-0.25, -0.2) is 0 Å². The molecule has 1 unspecified atom stereocenters. The Labute approximate surface area is 119 Å². The van der Waals surface area contributed by atoms with Gasteiger partial charge in [0.05, 0.1) is 0 Å². The van der Waals surface area contributed by atoms with Crippen molar-refractivity contribution in [1.82, 2.24) is 0 Å². The second kappa shape index (κ2) is 4.83. The quantitative estimate of drug-likeness (QED) is 0.750. The summed E-state index contributed by atoms with van der Waals surface area (Å²) in [5, 5.41) is 11.4. The van der Waals surface area contributed by atoms with E-state index in [1.165, 1.54) is 5.56 Å². The summed E-state index contributed by atoms with van der Waals surface area (Å²) < 4.78 is 6.60. The van der Waals surface area contributed by atoms with Crippen molar-refractivity contribution in [2.24, 2.45) is 0 Å². The van der Waals surface area contributed by atoms with Gasteiger partial charge in [-0.2, -0.15) is 0 Å². The van der Waals surface area contributed by atoms with Crippen molar-refractivity contribution in [3.05, 3.63) is 69.9 Å². The molecule has 0 aliphatic heterocycles. The summed E-state index contributed by atoms with van der Waals surface area (Å²) in [6, 6.07) is 15.5. The molecule has 1 heterocycles. The van der Waals surface area contributed by atoms with E-state index in [-0.39, 0.29) is 0 Å². The fourth-order valence-electron chi connectivity index (χ4n) is 2.17. The van der Waals surface area contributed by atoms with Gasteiger partial charge in [0.15, 0.2) is 0 Å². The van der Waals surface area contributed by atoms with E-state index in [2.05, 4.69) is 22.0 Å². The lowest BCUT2D eigenvalue weighted by Crippen LogP contribution is -1.98. The van der Waals surface area contributed by atoms with Gasteiger partial charge in [-0.1, -0.05) is 45.8 Å². The van der Waals surface area contributed by atoms with Gasteiger partial charge < -0.3 is 9.52 Å². The van der Waals surface area contributed by atoms with Gasteiger partial charge in [-0.3, -0.25) is 0 Å². The SMILES string of the molecule is Cc1ccc2oc(C(O)c3ccccc3Br)cc2c1. The van der Waals surface area contributed by atoms with Crippen molar-refractivity contribution in [1.29, 1.82) is 0 Å². The van der Waals surface area contributed by atoms with Crippen molar-refractivity contribution >= 4 is 26.9 Å². The van der Waals surface area contributed by atoms with E-state index in [0.717, 1.165) is 21.0 Å². The normalized spacial score (nSPS) is 12.8. The Balaban J connectivity index is 2.07. The summed E-state index contributed by atoms with van der Waals surface area (Å²) in [6.07, 6.45) is -0.761. The van der Waals surface area contributed by atoms with Crippen molar-refractivity contribution in [3.63, 3.8) is 0 Å². The standard InChI is InChI=1S/C16H13BrO2/c1-10-6-7-14-11(8-10)9-15(19-14)16(18)12-4-2-3-5-13(12)17/h2-9,16,18H,1H3. The van der Waals surface area contributed by atoms with Crippen molar-refractivity contribution in [3.8, 4) is 0 Å². The third-order valence-electron chi connectivity index (χ3n) is 3.16. The van der Waals surface area contributed by atoms with Gasteiger partial charge in [-0.05, 0) is 31.2 Å². The molecular weight excluding hydrogens is 304 g/mol. The number of furan rings is 1. The number of hydrogen-bond acceptors (Lipinski definition) is 2. The highest BCUT2D eigenvalue weighted by atomic mass is 79.9. The molecule has 19 heavy (non-hydrogen) atoms. The number of aryl methyl sites for hydroxylation is 1. The van der Waals surface area contributed by atoms with Crippen LogP contribution >= 0.6 is 15.9 Å². The Morgan fingerprint density at radius 1 is 1.11 bits per heavy atom. The molecule has 2 aromatic carbocycles. The number of halogens is 1. The summed E-state index contributed by atoms with van der Waals surface area (Å²) in [5.41, 5.74) is 2.78. The zero-order valence-electron chi connectivity index (χ0n) is 10.4. The number of rotatable bonds is 2. The average molecular weight is 317 g/mol. The predicted molar refractivity (Wildman–Crippen MR) is 79.2 cm³/mol. The Morgan fingerprint density at radius 2 is 1.89 bits per heavy atom. The number of aliphatic hydroxyl groups is 1. The Morgan fingerprint density at radius 3 is 2.68 bits per heavy atom. The summed E-state index contributed by atoms with van der Waals surface area (Å²) in [5.74, 6) is 0.563. The first kappa shape index (κ1) is 12.5. The minimum absolute atomic E-state index is 0.563. The largest absolute Gasteiger partial charge is 0.458 e. The molecule has 0 spiro atoms. The summed E-state index contributed by atoms with van der Waals surface area (Å²) in [6.45, 7) is 2.04. The molecule has 3 aromatic rings. The average Bonchev–Trinajstić information content (AvgIpc) is 2.81. The highest BCUT2D eigenvalue weighted by Gasteiger charge is 2.17. The first-order chi connectivity index (χ1) is 9.15. The van der Waals surface area contributed by atoms with Crippen LogP contribution in [0.2, 0.25) is 0 Å². The van der Waals surface area contributed by atoms with Gasteiger partial charge >= 0.3 is 0 Å². The lowest BCUT2D eigenvalue weighted by Gasteiger charge is -2.09. The Hall–Kier alpha value is -1.58. The van der Waals surface area contributed by atoms with Gasteiger partial charge in [0.1, 0.15) is 17.4 Å². The molecule has 0 saturated carbocycles. The molecule has 0 amide bonds. The van der Waals surface area contributed by atoms with E-state index in [1.54, 1.807) is 0 Å². The summed E-state index contributed by atoms with van der Waals surface area (Å²) in [4.78, 5) is 0. The summed E-state index contributed by atoms with van der Waals surface area (Å²) in [7, 11) is 0. The first-order valence-corrected chi connectivity index (χ1v) is 6.87. The van der Waals surface area contributed by atoms with Gasteiger partial charge in [0.25, 0.3) is 0 Å². The minimum atomic E-state index is -0.761. The van der Waals surface area contributed by atoms with Crippen LogP contribution in [-0.4, -0.2) is 5.11 Å². The first-order valence-electron chi connectivity index (χ1n) is 6.08. The van der Waals surface area contributed by atoms with E-state index in [4.69, 9.17) is 4.42 Å². The molecule has 1 N–H and O–H groups in total. The summed E-state index contributed by atoms with van der Waals surface area (Å²) >= 11 is 3.45. The van der Waals surface area contributed by atoms with Gasteiger partial charge in [0, 0.05) is 15.4 Å². The van der Waals surface area contributed by atoms with Crippen molar-refractivity contribution in [2.75, 3.05) is 0 Å². The molecule has 0 radical (unpaired) electrons. The fourth-order valence-corrected chi connectivity index (χ4v) is 2.67. The van der Waals surface area contributed by atoms with E-state index in [9.17, 15) is 5.11 Å². The lowest BCUT2D eigenvalue weighted by atomic mass is 10.1.